The Kier molecular flexibility index (Phi) is 5.60. The van der Waals surface area contributed by atoms with Gasteiger partial charge in [0.25, 0.3) is 0 Å². The monoisotopic (exact) mass is 326 g/mol. The number of nitrogen functional groups attached to an aromatic ring is 1. The van der Waals surface area contributed by atoms with Gasteiger partial charge < -0.3 is 10.5 Å². The van der Waals surface area contributed by atoms with E-state index in [-0.39, 0.29) is 23.7 Å². The van der Waals surface area contributed by atoms with Crippen molar-refractivity contribution in [1.82, 2.24) is 4.72 Å². The minimum atomic E-state index is -4.43. The van der Waals surface area contributed by atoms with Crippen molar-refractivity contribution in [2.24, 2.45) is 0 Å². The summed E-state index contributed by atoms with van der Waals surface area (Å²) in [4.78, 5) is -0.0571. The van der Waals surface area contributed by atoms with Gasteiger partial charge in [0.15, 0.2) is 0 Å². The second kappa shape index (κ2) is 6.63. The molecule has 0 bridgehead atoms. The Morgan fingerprint density at radius 1 is 1.24 bits per heavy atom. The zero-order valence-electron chi connectivity index (χ0n) is 11.6. The zero-order valence-corrected chi connectivity index (χ0v) is 12.4. The summed E-state index contributed by atoms with van der Waals surface area (Å²) in [6, 6.07) is 3.30. The molecule has 0 aliphatic rings. The van der Waals surface area contributed by atoms with Gasteiger partial charge in [-0.1, -0.05) is 12.1 Å². The number of nitrogens with two attached hydrogens (primary N) is 1. The van der Waals surface area contributed by atoms with Crippen LogP contribution in [0.2, 0.25) is 0 Å². The normalized spacial score (nSPS) is 12.6. The molecule has 0 fully saturated rings. The van der Waals surface area contributed by atoms with E-state index in [9.17, 15) is 21.6 Å². The van der Waals surface area contributed by atoms with Gasteiger partial charge in [0.1, 0.15) is 11.5 Å². The van der Waals surface area contributed by atoms with E-state index in [1.807, 2.05) is 0 Å². The van der Waals surface area contributed by atoms with Crippen LogP contribution in [-0.4, -0.2) is 34.4 Å². The maximum Gasteiger partial charge on any atom is 0.411 e. The zero-order chi connectivity index (χ0) is 16.3. The van der Waals surface area contributed by atoms with Crippen molar-refractivity contribution in [3.8, 4) is 0 Å². The molecule has 120 valence electrons. The van der Waals surface area contributed by atoms with Gasteiger partial charge in [-0.3, -0.25) is 0 Å². The minimum absolute atomic E-state index is 0.0571. The topological polar surface area (TPSA) is 81.4 Å². The number of aryl methyl sites for hydroxylation is 2. The van der Waals surface area contributed by atoms with E-state index in [0.29, 0.717) is 11.1 Å². The number of halogens is 3. The largest absolute Gasteiger partial charge is 0.411 e. The lowest BCUT2D eigenvalue weighted by Gasteiger charge is -2.14. The standard InChI is InChI=1S/C12H17F3N2O3S/c1-8-3-4-9(2)11(10(8)16)21(18,19)17-5-6-20-7-12(13,14)15/h3-4,17H,5-7,16H2,1-2H3. The molecule has 0 saturated carbocycles. The third-order valence-electron chi connectivity index (χ3n) is 2.68. The number of hydrogen-bond acceptors (Lipinski definition) is 4. The molecular weight excluding hydrogens is 309 g/mol. The van der Waals surface area contributed by atoms with Crippen LogP contribution < -0.4 is 10.5 Å². The average Bonchev–Trinajstić information content (AvgIpc) is 2.32. The number of hydrogen-bond donors (Lipinski definition) is 2. The molecule has 0 aliphatic carbocycles. The Balaban J connectivity index is 2.69. The van der Waals surface area contributed by atoms with E-state index in [4.69, 9.17) is 5.73 Å². The number of anilines is 1. The molecule has 0 unspecified atom stereocenters. The Morgan fingerprint density at radius 3 is 2.38 bits per heavy atom. The molecule has 0 atom stereocenters. The number of alkyl halides is 3. The summed E-state index contributed by atoms with van der Waals surface area (Å²) in [6.45, 7) is 1.18. The second-order valence-corrected chi connectivity index (χ2v) is 6.21. The molecule has 9 heteroatoms. The predicted molar refractivity (Wildman–Crippen MR) is 72.4 cm³/mol. The Morgan fingerprint density at radius 2 is 1.81 bits per heavy atom. The van der Waals surface area contributed by atoms with E-state index in [1.54, 1.807) is 26.0 Å². The van der Waals surface area contributed by atoms with E-state index < -0.39 is 22.8 Å². The van der Waals surface area contributed by atoms with Gasteiger partial charge in [0.05, 0.1) is 12.3 Å². The molecule has 21 heavy (non-hydrogen) atoms. The minimum Gasteiger partial charge on any atom is -0.397 e. The highest BCUT2D eigenvalue weighted by Crippen LogP contribution is 2.25. The number of rotatable bonds is 6. The number of nitrogens with one attached hydrogen (secondary N) is 1. The molecule has 0 amide bonds. The maximum atomic E-state index is 12.1. The summed E-state index contributed by atoms with van der Waals surface area (Å²) >= 11 is 0. The maximum absolute atomic E-state index is 12.1. The first-order valence-corrected chi connectivity index (χ1v) is 7.53. The summed E-state index contributed by atoms with van der Waals surface area (Å²) in [5.74, 6) is 0. The predicted octanol–water partition coefficient (Wildman–Crippen LogP) is 1.74. The van der Waals surface area contributed by atoms with E-state index in [2.05, 4.69) is 9.46 Å². The third-order valence-corrected chi connectivity index (χ3v) is 4.35. The highest BCUT2D eigenvalue weighted by molar-refractivity contribution is 7.89. The summed E-state index contributed by atoms with van der Waals surface area (Å²) in [6.07, 6.45) is -4.43. The van der Waals surface area contributed by atoms with Crippen molar-refractivity contribution in [3.63, 3.8) is 0 Å². The van der Waals surface area contributed by atoms with Crippen LogP contribution in [0.3, 0.4) is 0 Å². The van der Waals surface area contributed by atoms with Crippen LogP contribution in [0.1, 0.15) is 11.1 Å². The fourth-order valence-electron chi connectivity index (χ4n) is 1.67. The molecule has 0 heterocycles. The molecule has 1 rings (SSSR count). The van der Waals surface area contributed by atoms with Crippen LogP contribution in [0, 0.1) is 13.8 Å². The quantitative estimate of drug-likeness (QED) is 0.616. The first-order chi connectivity index (χ1) is 9.54. The van der Waals surface area contributed by atoms with Crippen molar-refractivity contribution in [2.45, 2.75) is 24.9 Å². The van der Waals surface area contributed by atoms with Gasteiger partial charge in [-0.2, -0.15) is 13.2 Å². The van der Waals surface area contributed by atoms with Crippen LogP contribution in [0.15, 0.2) is 17.0 Å². The highest BCUT2D eigenvalue weighted by atomic mass is 32.2. The van der Waals surface area contributed by atoms with E-state index in [0.717, 1.165) is 0 Å². The Labute approximate surface area is 121 Å². The molecule has 0 aliphatic heterocycles. The van der Waals surface area contributed by atoms with Gasteiger partial charge in [-0.25, -0.2) is 13.1 Å². The van der Waals surface area contributed by atoms with Crippen molar-refractivity contribution in [1.29, 1.82) is 0 Å². The second-order valence-electron chi connectivity index (χ2n) is 4.51. The summed E-state index contributed by atoms with van der Waals surface area (Å²) in [5, 5.41) is 0. The number of ether oxygens (including phenoxy) is 1. The fourth-order valence-corrected chi connectivity index (χ4v) is 3.11. The lowest BCUT2D eigenvalue weighted by atomic mass is 10.1. The average molecular weight is 326 g/mol. The van der Waals surface area contributed by atoms with Crippen molar-refractivity contribution >= 4 is 15.7 Å². The molecule has 1 aromatic carbocycles. The van der Waals surface area contributed by atoms with Gasteiger partial charge in [0.2, 0.25) is 10.0 Å². The molecule has 5 nitrogen and oxygen atoms in total. The van der Waals surface area contributed by atoms with E-state index in [1.165, 1.54) is 0 Å². The molecular formula is C12H17F3N2O3S. The Hall–Kier alpha value is -1.32. The Bertz CT molecular complexity index is 601. The van der Waals surface area contributed by atoms with Gasteiger partial charge in [-0.15, -0.1) is 0 Å². The number of sulfonamides is 1. The molecule has 0 saturated heterocycles. The smallest absolute Gasteiger partial charge is 0.397 e. The van der Waals surface area contributed by atoms with Crippen molar-refractivity contribution in [3.05, 3.63) is 23.3 Å². The molecule has 1 aromatic rings. The first-order valence-electron chi connectivity index (χ1n) is 6.04. The summed E-state index contributed by atoms with van der Waals surface area (Å²) in [7, 11) is -3.90. The van der Waals surface area contributed by atoms with Crippen LogP contribution in [0.5, 0.6) is 0 Å². The molecule has 3 N–H and O–H groups in total. The third kappa shape index (κ3) is 5.18. The molecule has 0 aromatic heterocycles. The molecule has 0 spiro atoms. The van der Waals surface area contributed by atoms with Crippen molar-refractivity contribution < 1.29 is 26.3 Å². The van der Waals surface area contributed by atoms with Gasteiger partial charge in [-0.05, 0) is 25.0 Å². The highest BCUT2D eigenvalue weighted by Gasteiger charge is 2.27. The van der Waals surface area contributed by atoms with Crippen LogP contribution in [-0.2, 0) is 14.8 Å². The summed E-state index contributed by atoms with van der Waals surface area (Å²) in [5.41, 5.74) is 6.95. The van der Waals surface area contributed by atoms with E-state index >= 15 is 0 Å². The van der Waals surface area contributed by atoms with Crippen LogP contribution in [0.25, 0.3) is 0 Å². The SMILES string of the molecule is Cc1ccc(C)c(S(=O)(=O)NCCOCC(F)(F)F)c1N. The fraction of sp³-hybridized carbons (Fsp3) is 0.500. The lowest BCUT2D eigenvalue weighted by Crippen LogP contribution is -2.30. The van der Waals surface area contributed by atoms with Crippen LogP contribution >= 0.6 is 0 Å². The van der Waals surface area contributed by atoms with Crippen LogP contribution in [0.4, 0.5) is 18.9 Å². The lowest BCUT2D eigenvalue weighted by molar-refractivity contribution is -0.173. The van der Waals surface area contributed by atoms with Gasteiger partial charge >= 0.3 is 6.18 Å². The molecule has 0 radical (unpaired) electrons. The first kappa shape index (κ1) is 17.7. The number of benzene rings is 1. The summed E-state index contributed by atoms with van der Waals surface area (Å²) < 4.78 is 66.3. The van der Waals surface area contributed by atoms with Gasteiger partial charge in [0, 0.05) is 6.54 Å². The van der Waals surface area contributed by atoms with Crippen molar-refractivity contribution in [2.75, 3.05) is 25.5 Å².